The van der Waals surface area contributed by atoms with Gasteiger partial charge in [-0.05, 0) is 44.2 Å². The highest BCUT2D eigenvalue weighted by Crippen LogP contribution is 2.43. The molecule has 2 saturated heterocycles. The van der Waals surface area contributed by atoms with Crippen LogP contribution in [-0.2, 0) is 14.2 Å². The first-order valence-corrected chi connectivity index (χ1v) is 9.47. The zero-order valence-corrected chi connectivity index (χ0v) is 15.8. The molecule has 2 aromatic heterocycles. The largest absolute Gasteiger partial charge is 0.394 e. The third-order valence-corrected chi connectivity index (χ3v) is 5.27. The summed E-state index contributed by atoms with van der Waals surface area (Å²) in [7, 11) is 0. The predicted molar refractivity (Wildman–Crippen MR) is 94.2 cm³/mol. The van der Waals surface area contributed by atoms with Crippen LogP contribution in [0.25, 0.3) is 11.2 Å². The van der Waals surface area contributed by atoms with Gasteiger partial charge in [-0.2, -0.15) is 14.6 Å². The molecule has 11 heteroatoms. The Balaban J connectivity index is 1.51. The first kappa shape index (κ1) is 17.5. The standard InChI is InChI=1S/C16H21ClN6O4/c1-16(2)26-10-8(6-24)25-14(11(10)27-16)23-13-9(21-22-23)12(19-15(17)20-13)18-5-7-3-4-7/h7-8,10-11,14,24H,3-6H2,1-2H3,(H,18,19,20)/t8-,10-,11-,14-/m1/s1. The smallest absolute Gasteiger partial charge is 0.226 e. The number of hydrogen-bond acceptors (Lipinski definition) is 9. The van der Waals surface area contributed by atoms with Gasteiger partial charge in [0.25, 0.3) is 0 Å². The van der Waals surface area contributed by atoms with Crippen LogP contribution in [0.2, 0.25) is 5.28 Å². The molecule has 4 heterocycles. The van der Waals surface area contributed by atoms with E-state index in [4.69, 9.17) is 25.8 Å². The molecule has 5 rings (SSSR count). The highest BCUT2D eigenvalue weighted by atomic mass is 35.5. The molecule has 146 valence electrons. The van der Waals surface area contributed by atoms with Crippen molar-refractivity contribution in [3.8, 4) is 0 Å². The Morgan fingerprint density at radius 3 is 2.78 bits per heavy atom. The average Bonchev–Trinajstić information content (AvgIpc) is 3.15. The van der Waals surface area contributed by atoms with E-state index in [1.807, 2.05) is 13.8 Å². The van der Waals surface area contributed by atoms with Gasteiger partial charge in [0.05, 0.1) is 6.61 Å². The zero-order valence-electron chi connectivity index (χ0n) is 15.0. The zero-order chi connectivity index (χ0) is 18.8. The minimum absolute atomic E-state index is 0.0986. The van der Waals surface area contributed by atoms with E-state index < -0.39 is 30.3 Å². The Hall–Kier alpha value is -1.59. The number of hydrogen-bond donors (Lipinski definition) is 2. The van der Waals surface area contributed by atoms with Gasteiger partial charge >= 0.3 is 0 Å². The maximum Gasteiger partial charge on any atom is 0.226 e. The van der Waals surface area contributed by atoms with Crippen LogP contribution in [0.3, 0.4) is 0 Å². The molecule has 0 bridgehead atoms. The van der Waals surface area contributed by atoms with E-state index in [1.165, 1.54) is 17.5 Å². The first-order valence-electron chi connectivity index (χ1n) is 9.09. The molecule has 3 fully saturated rings. The Labute approximate surface area is 160 Å². The Kier molecular flexibility index (Phi) is 4.03. The summed E-state index contributed by atoms with van der Waals surface area (Å²) in [6.45, 7) is 4.29. The third-order valence-electron chi connectivity index (χ3n) is 5.10. The number of aliphatic hydroxyl groups excluding tert-OH is 1. The average molecular weight is 397 g/mol. The summed E-state index contributed by atoms with van der Waals surface area (Å²) in [4.78, 5) is 8.55. The fourth-order valence-electron chi connectivity index (χ4n) is 3.66. The summed E-state index contributed by atoms with van der Waals surface area (Å²) in [5.74, 6) is 0.449. The first-order chi connectivity index (χ1) is 12.9. The van der Waals surface area contributed by atoms with Crippen LogP contribution < -0.4 is 5.32 Å². The number of anilines is 1. The fraction of sp³-hybridized carbons (Fsp3) is 0.750. The van der Waals surface area contributed by atoms with Crippen molar-refractivity contribution in [3.05, 3.63) is 5.28 Å². The maximum absolute atomic E-state index is 9.67. The van der Waals surface area contributed by atoms with E-state index in [2.05, 4.69) is 25.6 Å². The van der Waals surface area contributed by atoms with Crippen LogP contribution in [0.4, 0.5) is 5.82 Å². The molecule has 0 unspecified atom stereocenters. The normalized spacial score (nSPS) is 32.1. The number of halogens is 1. The second kappa shape index (κ2) is 6.21. The number of nitrogens with one attached hydrogen (secondary N) is 1. The van der Waals surface area contributed by atoms with Crippen molar-refractivity contribution < 1.29 is 19.3 Å². The van der Waals surface area contributed by atoms with Crippen molar-refractivity contribution in [2.24, 2.45) is 5.92 Å². The molecule has 0 aromatic carbocycles. The van der Waals surface area contributed by atoms with E-state index >= 15 is 0 Å². The maximum atomic E-state index is 9.67. The molecule has 3 aliphatic rings. The fourth-order valence-corrected chi connectivity index (χ4v) is 3.83. The van der Waals surface area contributed by atoms with Gasteiger partial charge in [0.1, 0.15) is 18.3 Å². The monoisotopic (exact) mass is 396 g/mol. The summed E-state index contributed by atoms with van der Waals surface area (Å²) in [6.07, 6.45) is 0.428. The van der Waals surface area contributed by atoms with Crippen LogP contribution >= 0.6 is 11.6 Å². The molecular weight excluding hydrogens is 376 g/mol. The Morgan fingerprint density at radius 2 is 2.04 bits per heavy atom. The van der Waals surface area contributed by atoms with Crippen LogP contribution in [0, 0.1) is 5.92 Å². The molecular formula is C16H21ClN6O4. The number of nitrogens with zero attached hydrogens (tertiary/aromatic N) is 5. The van der Waals surface area contributed by atoms with Crippen LogP contribution in [0.5, 0.6) is 0 Å². The quantitative estimate of drug-likeness (QED) is 0.716. The van der Waals surface area contributed by atoms with Crippen molar-refractivity contribution in [1.29, 1.82) is 0 Å². The van der Waals surface area contributed by atoms with Gasteiger partial charge in [0.2, 0.25) is 5.28 Å². The number of aliphatic hydroxyl groups is 1. The van der Waals surface area contributed by atoms with Crippen LogP contribution in [0.15, 0.2) is 0 Å². The molecule has 0 radical (unpaired) electrons. The molecule has 1 saturated carbocycles. The van der Waals surface area contributed by atoms with Gasteiger partial charge in [-0.25, -0.2) is 0 Å². The number of ether oxygens (including phenoxy) is 3. The van der Waals surface area contributed by atoms with E-state index in [-0.39, 0.29) is 11.9 Å². The lowest BCUT2D eigenvalue weighted by Crippen LogP contribution is -2.31. The summed E-state index contributed by atoms with van der Waals surface area (Å²) < 4.78 is 19.4. The van der Waals surface area contributed by atoms with Gasteiger partial charge in [0, 0.05) is 6.54 Å². The van der Waals surface area contributed by atoms with Gasteiger partial charge in [-0.3, -0.25) is 0 Å². The Bertz CT molecular complexity index is 872. The van der Waals surface area contributed by atoms with E-state index in [0.717, 1.165) is 6.54 Å². The minimum atomic E-state index is -0.773. The Morgan fingerprint density at radius 1 is 1.26 bits per heavy atom. The lowest BCUT2D eigenvalue weighted by atomic mass is 10.1. The second-order valence-electron chi connectivity index (χ2n) is 7.68. The summed E-state index contributed by atoms with van der Waals surface area (Å²) >= 11 is 6.14. The van der Waals surface area contributed by atoms with Gasteiger partial charge in [0.15, 0.2) is 29.0 Å². The van der Waals surface area contributed by atoms with Crippen molar-refractivity contribution in [1.82, 2.24) is 25.0 Å². The van der Waals surface area contributed by atoms with Crippen LogP contribution in [0.1, 0.15) is 32.9 Å². The third kappa shape index (κ3) is 3.05. The van der Waals surface area contributed by atoms with E-state index in [1.54, 1.807) is 0 Å². The van der Waals surface area contributed by atoms with Gasteiger partial charge in [-0.15, -0.1) is 5.10 Å². The second-order valence-corrected chi connectivity index (χ2v) is 8.02. The number of aromatic nitrogens is 5. The molecule has 2 N–H and O–H groups in total. The van der Waals surface area contributed by atoms with E-state index in [9.17, 15) is 5.11 Å². The highest BCUT2D eigenvalue weighted by Gasteiger charge is 2.56. The molecule has 0 amide bonds. The van der Waals surface area contributed by atoms with Crippen LogP contribution in [-0.4, -0.2) is 67.3 Å². The summed E-state index contributed by atoms with van der Waals surface area (Å²) in [5, 5.41) is 21.5. The number of rotatable bonds is 5. The van der Waals surface area contributed by atoms with Crippen molar-refractivity contribution in [2.45, 2.75) is 57.0 Å². The predicted octanol–water partition coefficient (Wildman–Crippen LogP) is 1.11. The highest BCUT2D eigenvalue weighted by molar-refractivity contribution is 6.28. The topological polar surface area (TPSA) is 116 Å². The van der Waals surface area contributed by atoms with Crippen molar-refractivity contribution in [2.75, 3.05) is 18.5 Å². The molecule has 10 nitrogen and oxygen atoms in total. The molecule has 2 aliphatic heterocycles. The summed E-state index contributed by atoms with van der Waals surface area (Å²) in [5.41, 5.74) is 0.967. The SMILES string of the molecule is CC1(C)O[C@@H]2[C@H](O1)[C@@H](CO)O[C@H]2n1nnc2c(NCC3CC3)nc(Cl)nc21. The van der Waals surface area contributed by atoms with Gasteiger partial charge in [-0.1, -0.05) is 5.21 Å². The van der Waals surface area contributed by atoms with E-state index in [0.29, 0.717) is 22.9 Å². The van der Waals surface area contributed by atoms with Crippen molar-refractivity contribution >= 4 is 28.6 Å². The number of fused-ring (bicyclic) bond motifs is 2. The van der Waals surface area contributed by atoms with Gasteiger partial charge < -0.3 is 24.6 Å². The minimum Gasteiger partial charge on any atom is -0.394 e. The molecule has 2 aromatic rings. The lowest BCUT2D eigenvalue weighted by molar-refractivity contribution is -0.201. The molecule has 0 spiro atoms. The molecule has 27 heavy (non-hydrogen) atoms. The molecule has 4 atom stereocenters. The molecule has 1 aliphatic carbocycles. The lowest BCUT2D eigenvalue weighted by Gasteiger charge is -2.23. The van der Waals surface area contributed by atoms with Crippen molar-refractivity contribution in [3.63, 3.8) is 0 Å². The summed E-state index contributed by atoms with van der Waals surface area (Å²) in [6, 6.07) is 0.